The predicted molar refractivity (Wildman–Crippen MR) is 73.3 cm³/mol. The number of nitrogens with one attached hydrogen (secondary N) is 2. The van der Waals surface area contributed by atoms with Crippen LogP contribution < -0.4 is 10.6 Å². The molecule has 6 nitrogen and oxygen atoms in total. The van der Waals surface area contributed by atoms with Gasteiger partial charge in [0, 0.05) is 11.4 Å². The van der Waals surface area contributed by atoms with Gasteiger partial charge in [0.15, 0.2) is 0 Å². The van der Waals surface area contributed by atoms with Crippen LogP contribution in [0, 0.1) is 6.92 Å². The van der Waals surface area contributed by atoms with Crippen LogP contribution in [0.5, 0.6) is 0 Å². The molecule has 0 radical (unpaired) electrons. The van der Waals surface area contributed by atoms with E-state index in [9.17, 15) is 22.8 Å². The molecule has 1 fully saturated rings. The lowest BCUT2D eigenvalue weighted by atomic mass is 10.2. The first-order valence-electron chi connectivity index (χ1n) is 6.55. The number of urea groups is 1. The summed E-state index contributed by atoms with van der Waals surface area (Å²) in [6.07, 6.45) is -4.27. The zero-order valence-electron chi connectivity index (χ0n) is 11.7. The number of thiazole rings is 1. The van der Waals surface area contributed by atoms with E-state index in [0.717, 1.165) is 10.6 Å². The lowest BCUT2D eigenvalue weighted by Gasteiger charge is -2.18. The first-order valence-corrected chi connectivity index (χ1v) is 7.43. The Hall–Kier alpha value is -1.84. The Morgan fingerprint density at radius 2 is 2.27 bits per heavy atom. The van der Waals surface area contributed by atoms with Crippen molar-refractivity contribution in [3.63, 3.8) is 0 Å². The molecule has 122 valence electrons. The average Bonchev–Trinajstić information content (AvgIpc) is 2.95. The molecule has 1 aromatic heterocycles. The molecule has 0 aromatic carbocycles. The average molecular weight is 336 g/mol. The summed E-state index contributed by atoms with van der Waals surface area (Å²) in [6.45, 7) is 0.763. The monoisotopic (exact) mass is 336 g/mol. The van der Waals surface area contributed by atoms with Crippen LogP contribution in [0.25, 0.3) is 0 Å². The molecule has 1 atom stereocenters. The summed E-state index contributed by atoms with van der Waals surface area (Å²) < 4.78 is 36.9. The molecule has 0 spiro atoms. The van der Waals surface area contributed by atoms with E-state index < -0.39 is 30.7 Å². The van der Waals surface area contributed by atoms with Crippen molar-refractivity contribution in [2.75, 3.05) is 13.1 Å². The number of carbonyl (C=O) groups is 2. The summed E-state index contributed by atoms with van der Waals surface area (Å²) in [4.78, 5) is 29.1. The number of hydrogen-bond donors (Lipinski definition) is 2. The van der Waals surface area contributed by atoms with Gasteiger partial charge in [0.1, 0.15) is 12.6 Å². The van der Waals surface area contributed by atoms with Crippen molar-refractivity contribution < 1.29 is 22.8 Å². The fraction of sp³-hybridized carbons (Fsp3) is 0.583. The summed E-state index contributed by atoms with van der Waals surface area (Å²) in [7, 11) is 0. The van der Waals surface area contributed by atoms with Gasteiger partial charge in [-0.15, -0.1) is 11.3 Å². The highest BCUT2D eigenvalue weighted by Gasteiger charge is 2.39. The Balaban J connectivity index is 1.80. The van der Waals surface area contributed by atoms with Gasteiger partial charge >= 0.3 is 12.2 Å². The molecule has 1 aromatic rings. The number of nitrogens with zero attached hydrogens (tertiary/aromatic N) is 2. The van der Waals surface area contributed by atoms with Crippen LogP contribution in [-0.4, -0.2) is 47.1 Å². The Morgan fingerprint density at radius 1 is 1.55 bits per heavy atom. The molecular formula is C12H15F3N4O2S. The van der Waals surface area contributed by atoms with Crippen LogP contribution in [0.3, 0.4) is 0 Å². The topological polar surface area (TPSA) is 74.3 Å². The van der Waals surface area contributed by atoms with E-state index in [1.54, 1.807) is 12.4 Å². The van der Waals surface area contributed by atoms with E-state index in [2.05, 4.69) is 15.6 Å². The number of rotatable bonds is 4. The van der Waals surface area contributed by atoms with Crippen LogP contribution >= 0.6 is 11.3 Å². The summed E-state index contributed by atoms with van der Waals surface area (Å²) in [5.74, 6) is -0.707. The van der Waals surface area contributed by atoms with Gasteiger partial charge in [-0.2, -0.15) is 13.2 Å². The van der Waals surface area contributed by atoms with Crippen molar-refractivity contribution >= 4 is 23.3 Å². The van der Waals surface area contributed by atoms with Gasteiger partial charge in [0.05, 0.1) is 17.7 Å². The third-order valence-corrected chi connectivity index (χ3v) is 4.16. The van der Waals surface area contributed by atoms with Gasteiger partial charge in [-0.05, 0) is 13.3 Å². The minimum atomic E-state index is -4.43. The van der Waals surface area contributed by atoms with Crippen molar-refractivity contribution in [3.05, 3.63) is 16.1 Å². The largest absolute Gasteiger partial charge is 0.406 e. The molecular weight excluding hydrogens is 321 g/mol. The van der Waals surface area contributed by atoms with Crippen LogP contribution in [0.4, 0.5) is 18.0 Å². The second kappa shape index (κ2) is 6.51. The van der Waals surface area contributed by atoms with Gasteiger partial charge in [0.25, 0.3) is 0 Å². The minimum absolute atomic E-state index is 0.0166. The molecule has 10 heteroatoms. The zero-order valence-corrected chi connectivity index (χ0v) is 12.6. The van der Waals surface area contributed by atoms with Crippen molar-refractivity contribution in [1.29, 1.82) is 0 Å². The van der Waals surface area contributed by atoms with Gasteiger partial charge in [-0.1, -0.05) is 0 Å². The summed E-state index contributed by atoms with van der Waals surface area (Å²) in [6, 6.07) is -1.50. The maximum absolute atomic E-state index is 12.3. The molecule has 0 saturated carbocycles. The highest BCUT2D eigenvalue weighted by atomic mass is 32.1. The lowest BCUT2D eigenvalue weighted by molar-refractivity contribution is -0.157. The van der Waals surface area contributed by atoms with Gasteiger partial charge < -0.3 is 15.5 Å². The van der Waals surface area contributed by atoms with E-state index in [1.807, 2.05) is 0 Å². The number of aromatic nitrogens is 1. The van der Waals surface area contributed by atoms with E-state index in [1.165, 1.54) is 11.3 Å². The molecule has 1 aliphatic rings. The Kier molecular flexibility index (Phi) is 4.89. The molecule has 0 unspecified atom stereocenters. The van der Waals surface area contributed by atoms with Crippen molar-refractivity contribution in [1.82, 2.24) is 20.5 Å². The fourth-order valence-corrected chi connectivity index (χ4v) is 2.83. The number of halogens is 3. The molecule has 2 heterocycles. The maximum atomic E-state index is 12.3. The number of likely N-dealkylation sites (tertiary alicyclic amines) is 1. The Morgan fingerprint density at radius 3 is 2.86 bits per heavy atom. The third kappa shape index (κ3) is 4.33. The van der Waals surface area contributed by atoms with Crippen LogP contribution in [-0.2, 0) is 11.3 Å². The normalized spacial score (nSPS) is 18.6. The molecule has 1 aliphatic heterocycles. The molecule has 22 heavy (non-hydrogen) atoms. The van der Waals surface area contributed by atoms with E-state index in [4.69, 9.17) is 0 Å². The third-order valence-electron chi connectivity index (χ3n) is 3.23. The number of hydrogen-bond acceptors (Lipinski definition) is 4. The van der Waals surface area contributed by atoms with Crippen molar-refractivity contribution in [3.8, 4) is 0 Å². The number of alkyl halides is 3. The predicted octanol–water partition coefficient (Wildman–Crippen LogP) is 1.41. The second-order valence-corrected chi connectivity index (χ2v) is 5.84. The van der Waals surface area contributed by atoms with Crippen LogP contribution in [0.15, 0.2) is 5.51 Å². The smallest absolute Gasteiger partial charge is 0.333 e. The van der Waals surface area contributed by atoms with E-state index >= 15 is 0 Å². The molecule has 0 bridgehead atoms. The summed E-state index contributed by atoms with van der Waals surface area (Å²) in [5, 5.41) is 4.97. The SMILES string of the molecule is Cc1ncsc1CNC(=O)N[C@@H]1CCN(CC(F)(F)F)C1=O. The number of amides is 3. The lowest BCUT2D eigenvalue weighted by Crippen LogP contribution is -2.47. The van der Waals surface area contributed by atoms with Crippen LogP contribution in [0.1, 0.15) is 17.0 Å². The van der Waals surface area contributed by atoms with E-state index in [-0.39, 0.29) is 19.5 Å². The molecule has 2 rings (SSSR count). The van der Waals surface area contributed by atoms with Crippen molar-refractivity contribution in [2.24, 2.45) is 0 Å². The van der Waals surface area contributed by atoms with Gasteiger partial charge in [0.2, 0.25) is 5.91 Å². The Bertz CT molecular complexity index is 561. The Labute approximate surface area is 128 Å². The van der Waals surface area contributed by atoms with E-state index in [0.29, 0.717) is 4.90 Å². The minimum Gasteiger partial charge on any atom is -0.333 e. The summed E-state index contributed by atoms with van der Waals surface area (Å²) in [5.41, 5.74) is 2.46. The first-order chi connectivity index (χ1) is 10.3. The zero-order chi connectivity index (χ0) is 16.3. The quantitative estimate of drug-likeness (QED) is 0.873. The summed E-state index contributed by atoms with van der Waals surface area (Å²) >= 11 is 1.39. The van der Waals surface area contributed by atoms with Gasteiger partial charge in [-0.25, -0.2) is 9.78 Å². The standard InChI is InChI=1S/C12H15F3N4O2S/c1-7-9(22-6-17-7)4-16-11(21)18-8-2-3-19(10(8)20)5-12(13,14)15/h6,8H,2-5H2,1H3,(H2,16,18,21)/t8-/m1/s1. The molecule has 1 saturated heterocycles. The fourth-order valence-electron chi connectivity index (χ4n) is 2.11. The highest BCUT2D eigenvalue weighted by Crippen LogP contribution is 2.20. The number of carbonyl (C=O) groups excluding carboxylic acids is 2. The highest BCUT2D eigenvalue weighted by molar-refractivity contribution is 7.09. The molecule has 0 aliphatic carbocycles. The number of aryl methyl sites for hydroxylation is 1. The maximum Gasteiger partial charge on any atom is 0.406 e. The molecule has 3 amide bonds. The first kappa shape index (κ1) is 16.5. The second-order valence-electron chi connectivity index (χ2n) is 4.90. The van der Waals surface area contributed by atoms with Crippen molar-refractivity contribution in [2.45, 2.75) is 32.1 Å². The van der Waals surface area contributed by atoms with Gasteiger partial charge in [-0.3, -0.25) is 4.79 Å². The molecule has 2 N–H and O–H groups in total. The van der Waals surface area contributed by atoms with Crippen LogP contribution in [0.2, 0.25) is 0 Å².